The largest absolute Gasteiger partial charge is 0.491 e. The molecule has 1 aromatic carbocycles. The summed E-state index contributed by atoms with van der Waals surface area (Å²) < 4.78 is 5.56. The summed E-state index contributed by atoms with van der Waals surface area (Å²) in [6.45, 7) is 3.89. The number of rotatable bonds is 4. The molecule has 4 nitrogen and oxygen atoms in total. The molecule has 1 heterocycles. The fourth-order valence-corrected chi connectivity index (χ4v) is 1.57. The first kappa shape index (κ1) is 12.2. The molecule has 4 heteroatoms. The summed E-state index contributed by atoms with van der Waals surface area (Å²) in [4.78, 5) is 12.2. The van der Waals surface area contributed by atoms with Gasteiger partial charge in [-0.25, -0.2) is 0 Å². The predicted octanol–water partition coefficient (Wildman–Crippen LogP) is 2.49. The summed E-state index contributed by atoms with van der Waals surface area (Å²) in [7, 11) is 0. The SMILES string of the molecule is CC(C)Oc1cccc(C(=O)c2ccnnc2)c1. The highest BCUT2D eigenvalue weighted by atomic mass is 16.5. The highest BCUT2D eigenvalue weighted by Crippen LogP contribution is 2.17. The molecule has 0 saturated heterocycles. The van der Waals surface area contributed by atoms with E-state index in [1.807, 2.05) is 19.9 Å². The molecular weight excluding hydrogens is 228 g/mol. The Labute approximate surface area is 106 Å². The fourth-order valence-electron chi connectivity index (χ4n) is 1.57. The topological polar surface area (TPSA) is 52.1 Å². The summed E-state index contributed by atoms with van der Waals surface area (Å²) in [5.41, 5.74) is 1.10. The summed E-state index contributed by atoms with van der Waals surface area (Å²) in [5, 5.41) is 7.35. The number of carbonyl (C=O) groups excluding carboxylic acids is 1. The molecule has 2 rings (SSSR count). The maximum absolute atomic E-state index is 12.2. The third kappa shape index (κ3) is 2.91. The molecule has 0 aliphatic heterocycles. The standard InChI is InChI=1S/C14H14N2O2/c1-10(2)18-13-5-3-4-11(8-13)14(17)12-6-7-15-16-9-12/h3-10H,1-2H3. The zero-order valence-electron chi connectivity index (χ0n) is 10.3. The van der Waals surface area contributed by atoms with Crippen molar-refractivity contribution in [2.45, 2.75) is 20.0 Å². The van der Waals surface area contributed by atoms with E-state index in [2.05, 4.69) is 10.2 Å². The minimum atomic E-state index is -0.0842. The van der Waals surface area contributed by atoms with Gasteiger partial charge in [0.2, 0.25) is 0 Å². The van der Waals surface area contributed by atoms with Crippen LogP contribution in [0.25, 0.3) is 0 Å². The summed E-state index contributed by atoms with van der Waals surface area (Å²) >= 11 is 0. The van der Waals surface area contributed by atoms with E-state index in [4.69, 9.17) is 4.74 Å². The van der Waals surface area contributed by atoms with Crippen LogP contribution in [0.5, 0.6) is 5.75 Å². The van der Waals surface area contributed by atoms with Gasteiger partial charge in [-0.1, -0.05) is 12.1 Å². The van der Waals surface area contributed by atoms with Crippen LogP contribution in [0.1, 0.15) is 29.8 Å². The molecule has 0 aliphatic rings. The lowest BCUT2D eigenvalue weighted by molar-refractivity contribution is 0.103. The molecule has 0 aliphatic carbocycles. The first-order valence-electron chi connectivity index (χ1n) is 5.75. The highest BCUT2D eigenvalue weighted by molar-refractivity contribution is 6.08. The van der Waals surface area contributed by atoms with E-state index in [0.29, 0.717) is 16.9 Å². The van der Waals surface area contributed by atoms with Crippen LogP contribution in [0.4, 0.5) is 0 Å². The van der Waals surface area contributed by atoms with Gasteiger partial charge in [-0.3, -0.25) is 4.79 Å². The smallest absolute Gasteiger partial charge is 0.194 e. The molecule has 0 atom stereocenters. The van der Waals surface area contributed by atoms with E-state index in [1.54, 1.807) is 24.3 Å². The molecule has 1 aromatic heterocycles. The Kier molecular flexibility index (Phi) is 3.67. The minimum Gasteiger partial charge on any atom is -0.491 e. The van der Waals surface area contributed by atoms with Crippen LogP contribution in [0.3, 0.4) is 0 Å². The molecule has 92 valence electrons. The van der Waals surface area contributed by atoms with Gasteiger partial charge >= 0.3 is 0 Å². The van der Waals surface area contributed by atoms with Gasteiger partial charge in [0, 0.05) is 11.1 Å². The zero-order valence-corrected chi connectivity index (χ0v) is 10.3. The summed E-state index contributed by atoms with van der Waals surface area (Å²) in [5.74, 6) is 0.608. The van der Waals surface area contributed by atoms with Crippen LogP contribution in [0, 0.1) is 0 Å². The third-order valence-electron chi connectivity index (χ3n) is 2.31. The highest BCUT2D eigenvalue weighted by Gasteiger charge is 2.10. The Hall–Kier alpha value is -2.23. The van der Waals surface area contributed by atoms with E-state index in [0.717, 1.165) is 0 Å². The van der Waals surface area contributed by atoms with Crippen molar-refractivity contribution in [2.24, 2.45) is 0 Å². The van der Waals surface area contributed by atoms with Gasteiger partial charge in [0.25, 0.3) is 0 Å². The summed E-state index contributed by atoms with van der Waals surface area (Å²) in [6.07, 6.45) is 3.04. The zero-order chi connectivity index (χ0) is 13.0. The van der Waals surface area contributed by atoms with Crippen molar-refractivity contribution in [1.82, 2.24) is 10.2 Å². The molecule has 0 bridgehead atoms. The number of benzene rings is 1. The lowest BCUT2D eigenvalue weighted by atomic mass is 10.1. The van der Waals surface area contributed by atoms with Gasteiger partial charge in [-0.15, -0.1) is 0 Å². The Balaban J connectivity index is 2.26. The van der Waals surface area contributed by atoms with Crippen LogP contribution in [0.15, 0.2) is 42.7 Å². The van der Waals surface area contributed by atoms with E-state index in [9.17, 15) is 4.79 Å². The lowest BCUT2D eigenvalue weighted by Gasteiger charge is -2.10. The monoisotopic (exact) mass is 242 g/mol. The van der Waals surface area contributed by atoms with Crippen LogP contribution in [0.2, 0.25) is 0 Å². The van der Waals surface area contributed by atoms with E-state index in [-0.39, 0.29) is 11.9 Å². The molecule has 2 aromatic rings. The maximum Gasteiger partial charge on any atom is 0.194 e. The number of ether oxygens (including phenoxy) is 1. The first-order chi connectivity index (χ1) is 8.66. The number of hydrogen-bond acceptors (Lipinski definition) is 4. The average Bonchev–Trinajstić information content (AvgIpc) is 2.38. The van der Waals surface area contributed by atoms with Crippen LogP contribution < -0.4 is 4.74 Å². The van der Waals surface area contributed by atoms with Gasteiger partial charge in [0.15, 0.2) is 5.78 Å². The van der Waals surface area contributed by atoms with Crippen molar-refractivity contribution in [3.8, 4) is 5.75 Å². The third-order valence-corrected chi connectivity index (χ3v) is 2.31. The quantitative estimate of drug-likeness (QED) is 0.773. The van der Waals surface area contributed by atoms with Gasteiger partial charge < -0.3 is 4.74 Å². The van der Waals surface area contributed by atoms with Crippen molar-refractivity contribution < 1.29 is 9.53 Å². The lowest BCUT2D eigenvalue weighted by Crippen LogP contribution is -2.07. The minimum absolute atomic E-state index is 0.0814. The Morgan fingerprint density at radius 3 is 2.67 bits per heavy atom. The molecule has 0 saturated carbocycles. The fraction of sp³-hybridized carbons (Fsp3) is 0.214. The Morgan fingerprint density at radius 2 is 2.00 bits per heavy atom. The van der Waals surface area contributed by atoms with Crippen molar-refractivity contribution in [2.75, 3.05) is 0 Å². The second-order valence-corrected chi connectivity index (χ2v) is 4.15. The Bertz CT molecular complexity index is 539. The molecular formula is C14H14N2O2. The number of nitrogens with zero attached hydrogens (tertiary/aromatic N) is 2. The average molecular weight is 242 g/mol. The van der Waals surface area contributed by atoms with Crippen LogP contribution >= 0.6 is 0 Å². The predicted molar refractivity (Wildman–Crippen MR) is 67.7 cm³/mol. The van der Waals surface area contributed by atoms with E-state index >= 15 is 0 Å². The number of ketones is 1. The van der Waals surface area contributed by atoms with Gasteiger partial charge in [-0.2, -0.15) is 10.2 Å². The maximum atomic E-state index is 12.2. The molecule has 18 heavy (non-hydrogen) atoms. The molecule has 0 unspecified atom stereocenters. The Morgan fingerprint density at radius 1 is 1.17 bits per heavy atom. The molecule has 0 amide bonds. The van der Waals surface area contributed by atoms with Crippen LogP contribution in [-0.2, 0) is 0 Å². The molecule has 0 N–H and O–H groups in total. The molecule has 0 radical (unpaired) electrons. The van der Waals surface area contributed by atoms with Gasteiger partial charge in [0.1, 0.15) is 5.75 Å². The number of hydrogen-bond donors (Lipinski definition) is 0. The first-order valence-corrected chi connectivity index (χ1v) is 5.75. The van der Waals surface area contributed by atoms with E-state index < -0.39 is 0 Å². The second-order valence-electron chi connectivity index (χ2n) is 4.15. The normalized spacial score (nSPS) is 10.4. The van der Waals surface area contributed by atoms with Crippen molar-refractivity contribution in [3.63, 3.8) is 0 Å². The second kappa shape index (κ2) is 5.40. The van der Waals surface area contributed by atoms with Gasteiger partial charge in [0.05, 0.1) is 18.5 Å². The number of aromatic nitrogens is 2. The van der Waals surface area contributed by atoms with Crippen molar-refractivity contribution >= 4 is 5.78 Å². The molecule has 0 fully saturated rings. The van der Waals surface area contributed by atoms with Crippen molar-refractivity contribution in [1.29, 1.82) is 0 Å². The van der Waals surface area contributed by atoms with Crippen molar-refractivity contribution in [3.05, 3.63) is 53.9 Å². The molecule has 0 spiro atoms. The van der Waals surface area contributed by atoms with Gasteiger partial charge in [-0.05, 0) is 32.0 Å². The number of carbonyl (C=O) groups is 1. The van der Waals surface area contributed by atoms with E-state index in [1.165, 1.54) is 12.4 Å². The van der Waals surface area contributed by atoms with Crippen LogP contribution in [-0.4, -0.2) is 22.1 Å². The summed E-state index contributed by atoms with van der Waals surface area (Å²) in [6, 6.07) is 8.78.